The standard InChI is InChI=1S/C17H18BrN3O3/c18-12-5-1-10(2-6-12)14-9-15(21-20-14)16(22)19-13-7-3-11(4-8-13)17(23)24/h1-2,5-6,9,11,13H,3-4,7-8H2,(H,19,22)(H,20,21)(H,23,24). The van der Waals surface area contributed by atoms with E-state index in [4.69, 9.17) is 5.11 Å². The van der Waals surface area contributed by atoms with Crippen LogP contribution in [0, 0.1) is 5.92 Å². The van der Waals surface area contributed by atoms with Crippen molar-refractivity contribution >= 4 is 27.8 Å². The van der Waals surface area contributed by atoms with Crippen LogP contribution in [0.1, 0.15) is 36.2 Å². The Morgan fingerprint density at radius 3 is 2.46 bits per heavy atom. The summed E-state index contributed by atoms with van der Waals surface area (Å²) in [6, 6.07) is 9.44. The molecule has 1 aliphatic rings. The molecule has 7 heteroatoms. The maximum Gasteiger partial charge on any atom is 0.306 e. The van der Waals surface area contributed by atoms with Gasteiger partial charge in [-0.25, -0.2) is 0 Å². The minimum Gasteiger partial charge on any atom is -0.481 e. The van der Waals surface area contributed by atoms with E-state index in [1.807, 2.05) is 24.3 Å². The van der Waals surface area contributed by atoms with Gasteiger partial charge in [-0.1, -0.05) is 28.1 Å². The van der Waals surface area contributed by atoms with Gasteiger partial charge in [-0.2, -0.15) is 5.10 Å². The summed E-state index contributed by atoms with van der Waals surface area (Å²) in [5.74, 6) is -1.23. The first-order valence-corrected chi connectivity index (χ1v) is 8.67. The Hall–Kier alpha value is -2.15. The molecule has 0 spiro atoms. The average molecular weight is 392 g/mol. The molecule has 3 rings (SSSR count). The highest BCUT2D eigenvalue weighted by molar-refractivity contribution is 9.10. The number of rotatable bonds is 4. The third-order valence-corrected chi connectivity index (χ3v) is 4.90. The largest absolute Gasteiger partial charge is 0.481 e. The van der Waals surface area contributed by atoms with E-state index in [0.717, 1.165) is 10.0 Å². The van der Waals surface area contributed by atoms with Crippen molar-refractivity contribution in [3.05, 3.63) is 40.5 Å². The Morgan fingerprint density at radius 2 is 1.83 bits per heavy atom. The molecule has 2 aromatic rings. The molecule has 1 aromatic heterocycles. The third kappa shape index (κ3) is 3.84. The lowest BCUT2D eigenvalue weighted by molar-refractivity contribution is -0.142. The fourth-order valence-corrected chi connectivity index (χ4v) is 3.22. The van der Waals surface area contributed by atoms with E-state index < -0.39 is 5.97 Å². The van der Waals surface area contributed by atoms with E-state index in [1.54, 1.807) is 6.07 Å². The Morgan fingerprint density at radius 1 is 1.17 bits per heavy atom. The van der Waals surface area contributed by atoms with Gasteiger partial charge in [0.25, 0.3) is 5.91 Å². The second-order valence-corrected chi connectivity index (χ2v) is 6.95. The number of carboxylic acid groups (broad SMARTS) is 1. The van der Waals surface area contributed by atoms with E-state index in [0.29, 0.717) is 37.1 Å². The van der Waals surface area contributed by atoms with Gasteiger partial charge >= 0.3 is 5.97 Å². The summed E-state index contributed by atoms with van der Waals surface area (Å²) in [5, 5.41) is 18.9. The number of hydrogen-bond acceptors (Lipinski definition) is 3. The quantitative estimate of drug-likeness (QED) is 0.745. The highest BCUT2D eigenvalue weighted by Crippen LogP contribution is 2.25. The second kappa shape index (κ2) is 7.17. The summed E-state index contributed by atoms with van der Waals surface area (Å²) < 4.78 is 0.983. The molecule has 1 saturated carbocycles. The van der Waals surface area contributed by atoms with E-state index in [-0.39, 0.29) is 17.9 Å². The lowest BCUT2D eigenvalue weighted by Crippen LogP contribution is -2.38. The minimum atomic E-state index is -0.743. The first kappa shape index (κ1) is 16.7. The number of nitrogens with one attached hydrogen (secondary N) is 2. The normalized spacial score (nSPS) is 20.5. The number of carboxylic acids is 1. The van der Waals surface area contributed by atoms with Crippen LogP contribution in [-0.4, -0.2) is 33.2 Å². The number of amides is 1. The molecule has 1 amide bonds. The van der Waals surface area contributed by atoms with Crippen molar-refractivity contribution in [3.8, 4) is 11.3 Å². The molecule has 1 heterocycles. The predicted octanol–water partition coefficient (Wildman–Crippen LogP) is 3.21. The van der Waals surface area contributed by atoms with Crippen LogP contribution in [0.4, 0.5) is 0 Å². The van der Waals surface area contributed by atoms with Gasteiger partial charge < -0.3 is 10.4 Å². The summed E-state index contributed by atoms with van der Waals surface area (Å²) in [7, 11) is 0. The van der Waals surface area contributed by atoms with E-state index >= 15 is 0 Å². The molecule has 6 nitrogen and oxygen atoms in total. The van der Waals surface area contributed by atoms with Gasteiger partial charge in [-0.3, -0.25) is 14.7 Å². The maximum atomic E-state index is 12.3. The smallest absolute Gasteiger partial charge is 0.306 e. The van der Waals surface area contributed by atoms with E-state index in [9.17, 15) is 9.59 Å². The number of H-pyrrole nitrogens is 1. The highest BCUT2D eigenvalue weighted by Gasteiger charge is 2.27. The topological polar surface area (TPSA) is 95.1 Å². The van der Waals surface area contributed by atoms with Crippen molar-refractivity contribution in [3.63, 3.8) is 0 Å². The summed E-state index contributed by atoms with van der Waals surface area (Å²) in [4.78, 5) is 23.3. The Labute approximate surface area is 147 Å². The fourth-order valence-electron chi connectivity index (χ4n) is 2.95. The van der Waals surface area contributed by atoms with Crippen LogP contribution in [0.25, 0.3) is 11.3 Å². The third-order valence-electron chi connectivity index (χ3n) is 4.37. The molecule has 1 fully saturated rings. The molecule has 0 bridgehead atoms. The molecule has 0 unspecified atom stereocenters. The molecule has 126 valence electrons. The number of benzene rings is 1. The minimum absolute atomic E-state index is 0.0209. The molecule has 3 N–H and O–H groups in total. The van der Waals surface area contributed by atoms with Crippen molar-refractivity contribution in [2.45, 2.75) is 31.7 Å². The first-order valence-electron chi connectivity index (χ1n) is 7.88. The number of halogens is 1. The van der Waals surface area contributed by atoms with Crippen LogP contribution in [0.3, 0.4) is 0 Å². The number of carbonyl (C=O) groups excluding carboxylic acids is 1. The van der Waals surface area contributed by atoms with Crippen LogP contribution in [0.5, 0.6) is 0 Å². The summed E-state index contributed by atoms with van der Waals surface area (Å²) in [6.45, 7) is 0. The number of aromatic amines is 1. The van der Waals surface area contributed by atoms with Crippen molar-refractivity contribution in [2.24, 2.45) is 5.92 Å². The van der Waals surface area contributed by atoms with Gasteiger partial charge in [0.2, 0.25) is 0 Å². The number of carbonyl (C=O) groups is 2. The lowest BCUT2D eigenvalue weighted by atomic mass is 9.86. The van der Waals surface area contributed by atoms with Crippen LogP contribution in [0.15, 0.2) is 34.8 Å². The Bertz CT molecular complexity index is 734. The van der Waals surface area contributed by atoms with Crippen molar-refractivity contribution in [2.75, 3.05) is 0 Å². The van der Waals surface area contributed by atoms with Gasteiger partial charge in [0, 0.05) is 16.1 Å². The zero-order chi connectivity index (χ0) is 17.1. The van der Waals surface area contributed by atoms with E-state index in [1.165, 1.54) is 0 Å². The molecule has 0 atom stereocenters. The highest BCUT2D eigenvalue weighted by atomic mass is 79.9. The summed E-state index contributed by atoms with van der Waals surface area (Å²) >= 11 is 3.39. The number of nitrogens with zero attached hydrogens (tertiary/aromatic N) is 1. The fraction of sp³-hybridized carbons (Fsp3) is 0.353. The Balaban J connectivity index is 1.60. The summed E-state index contributed by atoms with van der Waals surface area (Å²) in [5.41, 5.74) is 2.05. The van der Waals surface area contributed by atoms with Crippen molar-refractivity contribution in [1.82, 2.24) is 15.5 Å². The number of aromatic nitrogens is 2. The molecular formula is C17H18BrN3O3. The molecule has 0 radical (unpaired) electrons. The van der Waals surface area contributed by atoms with Crippen molar-refractivity contribution in [1.29, 1.82) is 0 Å². The van der Waals surface area contributed by atoms with Crippen LogP contribution in [-0.2, 0) is 4.79 Å². The van der Waals surface area contributed by atoms with Gasteiger partial charge in [0.15, 0.2) is 0 Å². The van der Waals surface area contributed by atoms with Crippen LogP contribution >= 0.6 is 15.9 Å². The predicted molar refractivity (Wildman–Crippen MR) is 92.6 cm³/mol. The van der Waals surface area contributed by atoms with Gasteiger partial charge in [0.1, 0.15) is 5.69 Å². The van der Waals surface area contributed by atoms with Gasteiger partial charge in [-0.15, -0.1) is 0 Å². The number of aliphatic carboxylic acids is 1. The molecule has 0 aliphatic heterocycles. The number of hydrogen-bond donors (Lipinski definition) is 3. The Kier molecular flexibility index (Phi) is 4.99. The van der Waals surface area contributed by atoms with Gasteiger partial charge in [-0.05, 0) is 43.9 Å². The van der Waals surface area contributed by atoms with Crippen LogP contribution < -0.4 is 5.32 Å². The molecule has 0 saturated heterocycles. The SMILES string of the molecule is O=C(NC1CCC(C(=O)O)CC1)c1cc(-c2ccc(Br)cc2)n[nH]1. The van der Waals surface area contributed by atoms with Gasteiger partial charge in [0.05, 0.1) is 11.6 Å². The molecular weight excluding hydrogens is 374 g/mol. The van der Waals surface area contributed by atoms with Crippen molar-refractivity contribution < 1.29 is 14.7 Å². The molecule has 1 aromatic carbocycles. The zero-order valence-corrected chi connectivity index (χ0v) is 14.5. The van der Waals surface area contributed by atoms with Crippen LogP contribution in [0.2, 0.25) is 0 Å². The second-order valence-electron chi connectivity index (χ2n) is 6.03. The average Bonchev–Trinajstić information content (AvgIpc) is 3.06. The molecule has 1 aliphatic carbocycles. The zero-order valence-electron chi connectivity index (χ0n) is 13.0. The lowest BCUT2D eigenvalue weighted by Gasteiger charge is -2.26. The monoisotopic (exact) mass is 391 g/mol. The van der Waals surface area contributed by atoms with E-state index in [2.05, 4.69) is 31.4 Å². The first-order chi connectivity index (χ1) is 11.5. The summed E-state index contributed by atoms with van der Waals surface area (Å²) in [6.07, 6.45) is 2.59. The maximum absolute atomic E-state index is 12.3. The molecule has 24 heavy (non-hydrogen) atoms.